The number of allylic oxidation sites excluding steroid dienone is 1. The fraction of sp³-hybridized carbons (Fsp3) is 0.235. The highest BCUT2D eigenvalue weighted by molar-refractivity contribution is 7.99. The number of fused-ring (bicyclic) bond motifs is 1. The molecule has 0 spiro atoms. The molecule has 0 aliphatic carbocycles. The van der Waals surface area contributed by atoms with Crippen LogP contribution >= 0.6 is 23.4 Å². The van der Waals surface area contributed by atoms with Crippen LogP contribution < -0.4 is 5.73 Å². The number of anilines is 1. The maximum atomic E-state index is 13.4. The Morgan fingerprint density at radius 3 is 2.78 bits per heavy atom. The zero-order chi connectivity index (χ0) is 19.6. The van der Waals surface area contributed by atoms with Gasteiger partial charge in [-0.25, -0.2) is 15.0 Å². The molecule has 3 rings (SSSR count). The molecule has 3 aromatic rings. The van der Waals surface area contributed by atoms with Crippen LogP contribution in [0.2, 0.25) is 5.02 Å². The van der Waals surface area contributed by atoms with Crippen LogP contribution in [0, 0.1) is 0 Å². The number of imidazole rings is 1. The summed E-state index contributed by atoms with van der Waals surface area (Å²) in [6.07, 6.45) is 0.0428. The minimum absolute atomic E-state index is 0.0400. The quantitative estimate of drug-likeness (QED) is 0.444. The van der Waals surface area contributed by atoms with Crippen molar-refractivity contribution in [1.29, 1.82) is 0 Å². The Morgan fingerprint density at radius 2 is 2.07 bits per heavy atom. The largest absolute Gasteiger partial charge is 0.417 e. The van der Waals surface area contributed by atoms with Gasteiger partial charge in [-0.05, 0) is 31.0 Å². The van der Waals surface area contributed by atoms with E-state index in [2.05, 4.69) is 21.5 Å². The third-order valence-corrected chi connectivity index (χ3v) is 5.05. The monoisotopic (exact) mass is 413 g/mol. The van der Waals surface area contributed by atoms with Gasteiger partial charge in [0, 0.05) is 16.5 Å². The van der Waals surface area contributed by atoms with E-state index >= 15 is 0 Å². The van der Waals surface area contributed by atoms with Crippen molar-refractivity contribution in [3.05, 3.63) is 47.8 Å². The first kappa shape index (κ1) is 19.5. The molecule has 0 fully saturated rings. The molecule has 2 aromatic heterocycles. The van der Waals surface area contributed by atoms with Gasteiger partial charge in [-0.3, -0.25) is 0 Å². The van der Waals surface area contributed by atoms with Crippen LogP contribution in [0.1, 0.15) is 18.4 Å². The molecule has 10 heteroatoms. The normalized spacial score (nSPS) is 11.9. The van der Waals surface area contributed by atoms with E-state index < -0.39 is 11.7 Å². The van der Waals surface area contributed by atoms with E-state index in [9.17, 15) is 13.2 Å². The fourth-order valence-corrected chi connectivity index (χ4v) is 3.86. The summed E-state index contributed by atoms with van der Waals surface area (Å²) < 4.78 is 41.8. The highest BCUT2D eigenvalue weighted by atomic mass is 35.5. The molecule has 0 saturated carbocycles. The third kappa shape index (κ3) is 4.19. The molecule has 0 aliphatic heterocycles. The topological polar surface area (TPSA) is 69.6 Å². The number of aryl methyl sites for hydroxylation is 1. The smallest absolute Gasteiger partial charge is 0.382 e. The summed E-state index contributed by atoms with van der Waals surface area (Å²) in [5, 5.41) is 0.549. The summed E-state index contributed by atoms with van der Waals surface area (Å²) >= 11 is 6.79. The molecule has 0 saturated heterocycles. The van der Waals surface area contributed by atoms with Crippen molar-refractivity contribution in [1.82, 2.24) is 19.5 Å². The zero-order valence-corrected chi connectivity index (χ0v) is 15.6. The highest BCUT2D eigenvalue weighted by Gasteiger charge is 2.34. The van der Waals surface area contributed by atoms with Gasteiger partial charge in [-0.15, -0.1) is 6.58 Å². The number of benzene rings is 1. The van der Waals surface area contributed by atoms with Gasteiger partial charge in [0.25, 0.3) is 0 Å². The first-order valence-electron chi connectivity index (χ1n) is 7.93. The van der Waals surface area contributed by atoms with E-state index in [0.717, 1.165) is 30.7 Å². The van der Waals surface area contributed by atoms with Gasteiger partial charge in [0.05, 0.1) is 5.56 Å². The van der Waals surface area contributed by atoms with Gasteiger partial charge >= 0.3 is 6.18 Å². The lowest BCUT2D eigenvalue weighted by Gasteiger charge is -2.13. The van der Waals surface area contributed by atoms with Crippen LogP contribution in [-0.2, 0) is 12.7 Å². The Morgan fingerprint density at radius 1 is 1.30 bits per heavy atom. The second-order valence-electron chi connectivity index (χ2n) is 5.65. The number of unbranched alkanes of at least 4 members (excludes halogenated alkanes) is 1. The lowest BCUT2D eigenvalue weighted by Crippen LogP contribution is -2.07. The standard InChI is InChI=1S/C17H15ClF3N5S/c1-2-3-4-7-26-15-13(14(22)23-9-24-15)25-16(26)27-12-8-10(18)5-6-11(12)17(19,20)21/h2,5-6,8-9H,1,3-4,7H2,(H2,22,23,24). The van der Waals surface area contributed by atoms with Crippen molar-refractivity contribution in [2.45, 2.75) is 35.6 Å². The summed E-state index contributed by atoms with van der Waals surface area (Å²) in [6, 6.07) is 3.45. The second-order valence-corrected chi connectivity index (χ2v) is 7.09. The third-order valence-electron chi connectivity index (χ3n) is 3.77. The number of alkyl halides is 3. The van der Waals surface area contributed by atoms with Crippen LogP contribution in [0.3, 0.4) is 0 Å². The number of hydrogen-bond donors (Lipinski definition) is 1. The van der Waals surface area contributed by atoms with E-state index in [4.69, 9.17) is 17.3 Å². The Labute approximate surface area is 162 Å². The van der Waals surface area contributed by atoms with Crippen LogP contribution in [-0.4, -0.2) is 19.5 Å². The minimum atomic E-state index is -4.51. The van der Waals surface area contributed by atoms with E-state index in [-0.39, 0.29) is 15.7 Å². The molecule has 0 radical (unpaired) electrons. The number of aromatic nitrogens is 4. The molecule has 142 valence electrons. The van der Waals surface area contributed by atoms with Crippen molar-refractivity contribution >= 4 is 40.3 Å². The average molecular weight is 414 g/mol. The highest BCUT2D eigenvalue weighted by Crippen LogP contribution is 2.41. The number of rotatable bonds is 6. The molecular formula is C17H15ClF3N5S. The number of nitrogens with two attached hydrogens (primary N) is 1. The molecular weight excluding hydrogens is 399 g/mol. The molecule has 27 heavy (non-hydrogen) atoms. The summed E-state index contributed by atoms with van der Waals surface area (Å²) in [6.45, 7) is 4.18. The zero-order valence-electron chi connectivity index (χ0n) is 14.0. The fourth-order valence-electron chi connectivity index (χ4n) is 2.52. The van der Waals surface area contributed by atoms with Crippen molar-refractivity contribution in [3.8, 4) is 0 Å². The number of nitrogen functional groups attached to an aromatic ring is 1. The minimum Gasteiger partial charge on any atom is -0.382 e. The maximum Gasteiger partial charge on any atom is 0.417 e. The van der Waals surface area contributed by atoms with Crippen molar-refractivity contribution < 1.29 is 13.2 Å². The molecule has 5 nitrogen and oxygen atoms in total. The molecule has 0 bridgehead atoms. The Kier molecular flexibility index (Phi) is 5.61. The van der Waals surface area contributed by atoms with Gasteiger partial charge in [0.2, 0.25) is 0 Å². The molecule has 0 amide bonds. The predicted molar refractivity (Wildman–Crippen MR) is 99.7 cm³/mol. The average Bonchev–Trinajstić information content (AvgIpc) is 2.93. The summed E-state index contributed by atoms with van der Waals surface area (Å²) in [5.74, 6) is 0.173. The Balaban J connectivity index is 2.09. The number of halogens is 4. The summed E-state index contributed by atoms with van der Waals surface area (Å²) in [7, 11) is 0. The molecule has 0 aliphatic rings. The lowest BCUT2D eigenvalue weighted by molar-refractivity contribution is -0.139. The van der Waals surface area contributed by atoms with Crippen molar-refractivity contribution in [2.75, 3.05) is 5.73 Å². The lowest BCUT2D eigenvalue weighted by atomic mass is 10.2. The molecule has 0 atom stereocenters. The van der Waals surface area contributed by atoms with Gasteiger partial charge in [-0.2, -0.15) is 13.2 Å². The Hall–Kier alpha value is -2.26. The van der Waals surface area contributed by atoms with Gasteiger partial charge in [0.15, 0.2) is 22.1 Å². The van der Waals surface area contributed by atoms with E-state index in [0.29, 0.717) is 22.9 Å². The van der Waals surface area contributed by atoms with E-state index in [1.54, 1.807) is 10.6 Å². The molecule has 0 unspecified atom stereocenters. The van der Waals surface area contributed by atoms with Crippen molar-refractivity contribution in [3.63, 3.8) is 0 Å². The van der Waals surface area contributed by atoms with E-state index in [1.165, 1.54) is 18.5 Å². The van der Waals surface area contributed by atoms with Crippen LogP contribution in [0.5, 0.6) is 0 Å². The van der Waals surface area contributed by atoms with Crippen molar-refractivity contribution in [2.24, 2.45) is 0 Å². The summed E-state index contributed by atoms with van der Waals surface area (Å²) in [4.78, 5) is 12.4. The van der Waals surface area contributed by atoms with Crippen LogP contribution in [0.4, 0.5) is 19.0 Å². The first-order valence-corrected chi connectivity index (χ1v) is 9.13. The Bertz CT molecular complexity index is 987. The molecule has 1 aromatic carbocycles. The molecule has 2 N–H and O–H groups in total. The first-order chi connectivity index (χ1) is 12.8. The van der Waals surface area contributed by atoms with Gasteiger partial charge in [0.1, 0.15) is 6.33 Å². The second kappa shape index (κ2) is 7.77. The van der Waals surface area contributed by atoms with Gasteiger partial charge < -0.3 is 10.3 Å². The van der Waals surface area contributed by atoms with Crippen LogP contribution in [0.25, 0.3) is 11.2 Å². The number of nitrogens with zero attached hydrogens (tertiary/aromatic N) is 4. The molecule has 2 heterocycles. The number of hydrogen-bond acceptors (Lipinski definition) is 5. The maximum absolute atomic E-state index is 13.4. The summed E-state index contributed by atoms with van der Waals surface area (Å²) in [5.41, 5.74) is 5.91. The predicted octanol–water partition coefficient (Wildman–Crippen LogP) is 5.20. The van der Waals surface area contributed by atoms with E-state index in [1.807, 2.05) is 0 Å². The SMILES string of the molecule is C=CCCCn1c(Sc2cc(Cl)ccc2C(F)(F)F)nc2c(N)ncnc21. The van der Waals surface area contributed by atoms with Gasteiger partial charge in [-0.1, -0.05) is 29.4 Å². The van der Waals surface area contributed by atoms with Crippen LogP contribution in [0.15, 0.2) is 47.2 Å².